The fourth-order valence-electron chi connectivity index (χ4n) is 1.98. The molecule has 0 aliphatic carbocycles. The van der Waals surface area contributed by atoms with Gasteiger partial charge in [0.2, 0.25) is 0 Å². The van der Waals surface area contributed by atoms with E-state index in [0.717, 1.165) is 24.1 Å². The third-order valence-electron chi connectivity index (χ3n) is 3.84. The van der Waals surface area contributed by atoms with E-state index in [1.165, 1.54) is 0 Å². The number of nitriles is 1. The SMILES string of the molecule is CCC(O)(CC)CNCc1cc(C#N)n(C)c1C. The molecule has 0 spiro atoms. The Labute approximate surface area is 109 Å². The summed E-state index contributed by atoms with van der Waals surface area (Å²) in [5.41, 5.74) is 2.26. The van der Waals surface area contributed by atoms with Gasteiger partial charge in [0, 0.05) is 25.8 Å². The summed E-state index contributed by atoms with van der Waals surface area (Å²) in [7, 11) is 1.89. The highest BCUT2D eigenvalue weighted by molar-refractivity contribution is 5.34. The standard InChI is InChI=1S/C14H23N3O/c1-5-14(18,6-2)10-16-9-12-7-13(8-15)17(4)11(12)3/h7,16,18H,5-6,9-10H2,1-4H3. The summed E-state index contributed by atoms with van der Waals surface area (Å²) in [6.45, 7) is 7.25. The summed E-state index contributed by atoms with van der Waals surface area (Å²) in [6.07, 6.45) is 1.49. The van der Waals surface area contributed by atoms with Gasteiger partial charge in [0.05, 0.1) is 5.60 Å². The maximum atomic E-state index is 10.2. The number of rotatable bonds is 6. The van der Waals surface area contributed by atoms with E-state index in [1.807, 2.05) is 38.5 Å². The number of hydrogen-bond donors (Lipinski definition) is 2. The Morgan fingerprint density at radius 2 is 2.06 bits per heavy atom. The lowest BCUT2D eigenvalue weighted by atomic mass is 9.97. The molecule has 0 radical (unpaired) electrons. The van der Waals surface area contributed by atoms with Crippen LogP contribution in [0.4, 0.5) is 0 Å². The zero-order chi connectivity index (χ0) is 13.8. The van der Waals surface area contributed by atoms with E-state index < -0.39 is 5.60 Å². The van der Waals surface area contributed by atoms with Crippen molar-refractivity contribution in [2.75, 3.05) is 6.54 Å². The lowest BCUT2D eigenvalue weighted by Gasteiger charge is -2.25. The molecule has 0 saturated heterocycles. The molecule has 0 amide bonds. The fraction of sp³-hybridized carbons (Fsp3) is 0.643. The molecule has 0 atom stereocenters. The van der Waals surface area contributed by atoms with Crippen LogP contribution in [-0.4, -0.2) is 21.8 Å². The highest BCUT2D eigenvalue weighted by atomic mass is 16.3. The molecule has 100 valence electrons. The quantitative estimate of drug-likeness (QED) is 0.808. The molecule has 0 unspecified atom stereocenters. The lowest BCUT2D eigenvalue weighted by Crippen LogP contribution is -2.39. The number of nitrogens with zero attached hydrogens (tertiary/aromatic N) is 2. The minimum absolute atomic E-state index is 0.580. The third kappa shape index (κ3) is 3.12. The van der Waals surface area contributed by atoms with Crippen LogP contribution < -0.4 is 5.32 Å². The van der Waals surface area contributed by atoms with Crippen LogP contribution in [0.25, 0.3) is 0 Å². The largest absolute Gasteiger partial charge is 0.389 e. The minimum Gasteiger partial charge on any atom is -0.389 e. The molecule has 1 aromatic heterocycles. The van der Waals surface area contributed by atoms with E-state index in [1.54, 1.807) is 0 Å². The summed E-state index contributed by atoms with van der Waals surface area (Å²) in [5.74, 6) is 0. The summed E-state index contributed by atoms with van der Waals surface area (Å²) < 4.78 is 1.89. The van der Waals surface area contributed by atoms with Gasteiger partial charge in [0.1, 0.15) is 11.8 Å². The predicted molar refractivity (Wildman–Crippen MR) is 72.1 cm³/mol. The summed E-state index contributed by atoms with van der Waals surface area (Å²) >= 11 is 0. The van der Waals surface area contributed by atoms with Gasteiger partial charge in [-0.15, -0.1) is 0 Å². The third-order valence-corrected chi connectivity index (χ3v) is 3.84. The lowest BCUT2D eigenvalue weighted by molar-refractivity contribution is 0.0323. The van der Waals surface area contributed by atoms with Crippen molar-refractivity contribution in [3.8, 4) is 6.07 Å². The van der Waals surface area contributed by atoms with Crippen molar-refractivity contribution in [3.05, 3.63) is 23.0 Å². The molecule has 1 heterocycles. The van der Waals surface area contributed by atoms with Crippen molar-refractivity contribution in [2.24, 2.45) is 7.05 Å². The maximum absolute atomic E-state index is 10.2. The van der Waals surface area contributed by atoms with Gasteiger partial charge in [-0.2, -0.15) is 5.26 Å². The van der Waals surface area contributed by atoms with Crippen molar-refractivity contribution in [1.29, 1.82) is 5.26 Å². The average molecular weight is 249 g/mol. The zero-order valence-electron chi connectivity index (χ0n) is 11.7. The van der Waals surface area contributed by atoms with Gasteiger partial charge >= 0.3 is 0 Å². The number of aliphatic hydroxyl groups is 1. The Morgan fingerprint density at radius 1 is 1.44 bits per heavy atom. The first-order valence-electron chi connectivity index (χ1n) is 6.45. The molecule has 2 N–H and O–H groups in total. The molecule has 1 aromatic rings. The topological polar surface area (TPSA) is 61.0 Å². The second kappa shape index (κ2) is 6.03. The van der Waals surface area contributed by atoms with Gasteiger partial charge in [-0.3, -0.25) is 0 Å². The first-order valence-corrected chi connectivity index (χ1v) is 6.45. The van der Waals surface area contributed by atoms with Crippen LogP contribution >= 0.6 is 0 Å². The molecule has 18 heavy (non-hydrogen) atoms. The fourth-order valence-corrected chi connectivity index (χ4v) is 1.98. The van der Waals surface area contributed by atoms with Crippen LogP contribution in [0.5, 0.6) is 0 Å². The van der Waals surface area contributed by atoms with Crippen molar-refractivity contribution in [2.45, 2.75) is 45.8 Å². The van der Waals surface area contributed by atoms with Gasteiger partial charge in [-0.1, -0.05) is 13.8 Å². The van der Waals surface area contributed by atoms with Gasteiger partial charge < -0.3 is 15.0 Å². The molecule has 0 fully saturated rings. The molecule has 4 heteroatoms. The molecule has 0 aliphatic rings. The number of nitrogens with one attached hydrogen (secondary N) is 1. The molecule has 0 aromatic carbocycles. The molecule has 0 bridgehead atoms. The maximum Gasteiger partial charge on any atom is 0.120 e. The smallest absolute Gasteiger partial charge is 0.120 e. The first-order chi connectivity index (χ1) is 8.47. The summed E-state index contributed by atoms with van der Waals surface area (Å²) in [4.78, 5) is 0. The van der Waals surface area contributed by atoms with Gasteiger partial charge in [-0.05, 0) is 31.4 Å². The minimum atomic E-state index is -0.624. The highest BCUT2D eigenvalue weighted by Crippen LogP contribution is 2.15. The van der Waals surface area contributed by atoms with Gasteiger partial charge in [0.15, 0.2) is 0 Å². The van der Waals surface area contributed by atoms with Crippen molar-refractivity contribution in [1.82, 2.24) is 9.88 Å². The van der Waals surface area contributed by atoms with Crippen LogP contribution in [0, 0.1) is 18.3 Å². The molecule has 0 saturated carbocycles. The van der Waals surface area contributed by atoms with Crippen LogP contribution in [-0.2, 0) is 13.6 Å². The summed E-state index contributed by atoms with van der Waals surface area (Å²) in [5, 5.41) is 22.4. The molecule has 4 nitrogen and oxygen atoms in total. The van der Waals surface area contributed by atoms with E-state index in [4.69, 9.17) is 5.26 Å². The zero-order valence-corrected chi connectivity index (χ0v) is 11.7. The van der Waals surface area contributed by atoms with E-state index >= 15 is 0 Å². The van der Waals surface area contributed by atoms with Crippen molar-refractivity contribution >= 4 is 0 Å². The first kappa shape index (κ1) is 14.7. The Bertz CT molecular complexity index is 439. The Kier molecular flexibility index (Phi) is 4.94. The normalized spacial score (nSPS) is 11.6. The molecular weight excluding hydrogens is 226 g/mol. The van der Waals surface area contributed by atoms with E-state index in [-0.39, 0.29) is 0 Å². The highest BCUT2D eigenvalue weighted by Gasteiger charge is 2.21. The molecular formula is C14H23N3O. The van der Waals surface area contributed by atoms with Gasteiger partial charge in [-0.25, -0.2) is 0 Å². The van der Waals surface area contributed by atoms with Gasteiger partial charge in [0.25, 0.3) is 0 Å². The van der Waals surface area contributed by atoms with Crippen LogP contribution in [0.2, 0.25) is 0 Å². The molecule has 0 aliphatic heterocycles. The van der Waals surface area contributed by atoms with E-state index in [9.17, 15) is 5.11 Å². The number of aromatic nitrogens is 1. The second-order valence-electron chi connectivity index (χ2n) is 4.85. The molecule has 1 rings (SSSR count). The average Bonchev–Trinajstić information content (AvgIpc) is 2.66. The Hall–Kier alpha value is -1.31. The van der Waals surface area contributed by atoms with Crippen molar-refractivity contribution in [3.63, 3.8) is 0 Å². The second-order valence-corrected chi connectivity index (χ2v) is 4.85. The Balaban J connectivity index is 2.63. The number of hydrogen-bond acceptors (Lipinski definition) is 3. The van der Waals surface area contributed by atoms with E-state index in [2.05, 4.69) is 11.4 Å². The van der Waals surface area contributed by atoms with E-state index in [0.29, 0.717) is 18.8 Å². The monoisotopic (exact) mass is 249 g/mol. The van der Waals surface area contributed by atoms with Crippen LogP contribution in [0.1, 0.15) is 43.6 Å². The summed E-state index contributed by atoms with van der Waals surface area (Å²) in [6, 6.07) is 4.07. The van der Waals surface area contributed by atoms with Crippen LogP contribution in [0.15, 0.2) is 6.07 Å². The Morgan fingerprint density at radius 3 is 2.50 bits per heavy atom. The predicted octanol–water partition coefficient (Wildman–Crippen LogP) is 1.85. The van der Waals surface area contributed by atoms with Crippen LogP contribution in [0.3, 0.4) is 0 Å². The van der Waals surface area contributed by atoms with Crippen molar-refractivity contribution < 1.29 is 5.11 Å².